The van der Waals surface area contributed by atoms with E-state index in [0.717, 1.165) is 12.1 Å². The molecule has 2 N–H and O–H groups in total. The van der Waals surface area contributed by atoms with Crippen molar-refractivity contribution in [2.75, 3.05) is 5.73 Å². The molecule has 1 rings (SSSR count). The minimum absolute atomic E-state index is 0.942. The minimum atomic E-state index is 0.942. The fourth-order valence-corrected chi connectivity index (χ4v) is 1.45. The van der Waals surface area contributed by atoms with E-state index >= 15 is 0 Å². The summed E-state index contributed by atoms with van der Waals surface area (Å²) in [6.07, 6.45) is 1.05. The number of hydrogen-bond acceptors (Lipinski definition) is 2. The smallest absolute Gasteiger partial charge is 0.0455 e. The van der Waals surface area contributed by atoms with Gasteiger partial charge < -0.3 is 5.73 Å². The summed E-state index contributed by atoms with van der Waals surface area (Å²) >= 11 is 1.67. The van der Waals surface area contributed by atoms with Crippen LogP contribution in [0.2, 0.25) is 0 Å². The minimum Gasteiger partial charge on any atom is -0.398 e. The Labute approximate surface area is 53.1 Å². The summed E-state index contributed by atoms with van der Waals surface area (Å²) in [6.45, 7) is 2.11. The summed E-state index contributed by atoms with van der Waals surface area (Å²) in [5.41, 5.74) is 7.78. The Morgan fingerprint density at radius 2 is 2.38 bits per heavy atom. The molecule has 0 aliphatic heterocycles. The Hall–Kier alpha value is -0.500. The summed E-state index contributed by atoms with van der Waals surface area (Å²) in [5, 5.41) is 4.06. The predicted octanol–water partition coefficient (Wildman–Crippen LogP) is 1.89. The van der Waals surface area contributed by atoms with Gasteiger partial charge in [0, 0.05) is 11.1 Å². The van der Waals surface area contributed by atoms with E-state index in [2.05, 4.69) is 12.3 Å². The van der Waals surface area contributed by atoms with Crippen LogP contribution in [-0.4, -0.2) is 0 Å². The first-order chi connectivity index (χ1) is 3.84. The molecule has 44 valence electrons. The van der Waals surface area contributed by atoms with Crippen LogP contribution < -0.4 is 5.73 Å². The quantitative estimate of drug-likeness (QED) is 0.612. The highest BCUT2D eigenvalue weighted by molar-refractivity contribution is 7.08. The lowest BCUT2D eigenvalue weighted by Crippen LogP contribution is -1.85. The van der Waals surface area contributed by atoms with Crippen molar-refractivity contribution in [2.45, 2.75) is 13.3 Å². The number of thiophene rings is 1. The zero-order chi connectivity index (χ0) is 5.98. The lowest BCUT2D eigenvalue weighted by Gasteiger charge is -1.88. The zero-order valence-electron chi connectivity index (χ0n) is 4.85. The molecule has 0 amide bonds. The van der Waals surface area contributed by atoms with Crippen LogP contribution in [0.4, 0.5) is 5.69 Å². The Balaban J connectivity index is 2.92. The summed E-state index contributed by atoms with van der Waals surface area (Å²) in [4.78, 5) is 0. The van der Waals surface area contributed by atoms with Crippen LogP contribution in [-0.2, 0) is 6.42 Å². The predicted molar refractivity (Wildman–Crippen MR) is 38.1 cm³/mol. The molecule has 0 aliphatic carbocycles. The van der Waals surface area contributed by atoms with Crippen LogP contribution in [0.25, 0.3) is 0 Å². The van der Waals surface area contributed by atoms with E-state index in [1.165, 1.54) is 5.56 Å². The third kappa shape index (κ3) is 0.842. The van der Waals surface area contributed by atoms with Gasteiger partial charge in [0.1, 0.15) is 0 Å². The van der Waals surface area contributed by atoms with Gasteiger partial charge in [-0.1, -0.05) is 6.92 Å². The van der Waals surface area contributed by atoms with Gasteiger partial charge in [-0.2, -0.15) is 0 Å². The fraction of sp³-hybridized carbons (Fsp3) is 0.333. The van der Waals surface area contributed by atoms with Crippen molar-refractivity contribution >= 4 is 17.0 Å². The molecule has 0 aliphatic rings. The van der Waals surface area contributed by atoms with Gasteiger partial charge in [-0.05, 0) is 17.4 Å². The molecule has 1 aromatic heterocycles. The van der Waals surface area contributed by atoms with E-state index in [4.69, 9.17) is 5.73 Å². The van der Waals surface area contributed by atoms with Crippen molar-refractivity contribution in [3.8, 4) is 0 Å². The average Bonchev–Trinajstić information content (AvgIpc) is 2.14. The Bertz CT molecular complexity index is 169. The van der Waals surface area contributed by atoms with Crippen LogP contribution in [0.15, 0.2) is 10.8 Å². The maximum atomic E-state index is 5.56. The molecule has 0 bridgehead atoms. The van der Waals surface area contributed by atoms with Gasteiger partial charge in [0.05, 0.1) is 0 Å². The number of nitrogens with two attached hydrogens (primary N) is 1. The molecule has 0 unspecified atom stereocenters. The number of rotatable bonds is 1. The number of aryl methyl sites for hydroxylation is 1. The zero-order valence-corrected chi connectivity index (χ0v) is 5.66. The molecular weight excluding hydrogens is 118 g/mol. The fourth-order valence-electron chi connectivity index (χ4n) is 0.621. The van der Waals surface area contributed by atoms with Gasteiger partial charge in [0.2, 0.25) is 0 Å². The third-order valence-corrected chi connectivity index (χ3v) is 1.97. The lowest BCUT2D eigenvalue weighted by atomic mass is 10.2. The molecule has 0 radical (unpaired) electrons. The summed E-state index contributed by atoms with van der Waals surface area (Å²) < 4.78 is 0. The largest absolute Gasteiger partial charge is 0.398 e. The van der Waals surface area contributed by atoms with Crippen molar-refractivity contribution in [1.29, 1.82) is 0 Å². The van der Waals surface area contributed by atoms with E-state index in [1.807, 2.05) is 5.38 Å². The number of nitrogen functional groups attached to an aromatic ring is 1. The van der Waals surface area contributed by atoms with Crippen LogP contribution in [0.1, 0.15) is 12.5 Å². The van der Waals surface area contributed by atoms with Crippen molar-refractivity contribution < 1.29 is 0 Å². The van der Waals surface area contributed by atoms with Gasteiger partial charge in [0.25, 0.3) is 0 Å². The molecule has 0 aromatic carbocycles. The number of hydrogen-bond donors (Lipinski definition) is 1. The van der Waals surface area contributed by atoms with E-state index in [1.54, 1.807) is 11.3 Å². The molecule has 0 fully saturated rings. The Morgan fingerprint density at radius 3 is 2.62 bits per heavy atom. The Kier molecular flexibility index (Phi) is 1.53. The SMILES string of the molecule is CCc1cscc1N. The van der Waals surface area contributed by atoms with Crippen molar-refractivity contribution in [1.82, 2.24) is 0 Å². The normalized spacial score (nSPS) is 9.62. The molecule has 0 saturated carbocycles. The first-order valence-corrected chi connectivity index (χ1v) is 3.59. The summed E-state index contributed by atoms with van der Waals surface area (Å²) in [6, 6.07) is 0. The third-order valence-electron chi connectivity index (χ3n) is 1.16. The maximum absolute atomic E-state index is 5.56. The summed E-state index contributed by atoms with van der Waals surface area (Å²) in [7, 11) is 0. The van der Waals surface area contributed by atoms with Gasteiger partial charge in [0.15, 0.2) is 0 Å². The molecule has 1 aromatic rings. The van der Waals surface area contributed by atoms with Gasteiger partial charge in [-0.15, -0.1) is 11.3 Å². The molecule has 8 heavy (non-hydrogen) atoms. The van der Waals surface area contributed by atoms with E-state index in [9.17, 15) is 0 Å². The molecule has 2 heteroatoms. The standard InChI is InChI=1S/C6H9NS/c1-2-5-3-8-4-6(5)7/h3-4H,2,7H2,1H3. The van der Waals surface area contributed by atoms with Crippen LogP contribution in [0.5, 0.6) is 0 Å². The van der Waals surface area contributed by atoms with Gasteiger partial charge in [-0.25, -0.2) is 0 Å². The number of anilines is 1. The first kappa shape index (κ1) is 5.63. The van der Waals surface area contributed by atoms with Crippen LogP contribution in [0, 0.1) is 0 Å². The monoisotopic (exact) mass is 127 g/mol. The highest BCUT2D eigenvalue weighted by atomic mass is 32.1. The second-order valence-electron chi connectivity index (χ2n) is 1.71. The van der Waals surface area contributed by atoms with Crippen molar-refractivity contribution in [2.24, 2.45) is 0 Å². The molecule has 0 saturated heterocycles. The molecule has 1 nitrogen and oxygen atoms in total. The van der Waals surface area contributed by atoms with E-state index in [-0.39, 0.29) is 0 Å². The highest BCUT2D eigenvalue weighted by Crippen LogP contribution is 2.16. The molecule has 0 atom stereocenters. The van der Waals surface area contributed by atoms with Crippen LogP contribution in [0.3, 0.4) is 0 Å². The average molecular weight is 127 g/mol. The van der Waals surface area contributed by atoms with Crippen LogP contribution >= 0.6 is 11.3 Å². The second kappa shape index (κ2) is 2.18. The lowest BCUT2D eigenvalue weighted by molar-refractivity contribution is 1.16. The molecular formula is C6H9NS. The van der Waals surface area contributed by atoms with Crippen molar-refractivity contribution in [3.05, 3.63) is 16.3 Å². The Morgan fingerprint density at radius 1 is 1.62 bits per heavy atom. The van der Waals surface area contributed by atoms with Gasteiger partial charge >= 0.3 is 0 Å². The van der Waals surface area contributed by atoms with E-state index in [0.29, 0.717) is 0 Å². The summed E-state index contributed by atoms with van der Waals surface area (Å²) in [5.74, 6) is 0. The first-order valence-electron chi connectivity index (χ1n) is 2.65. The second-order valence-corrected chi connectivity index (χ2v) is 2.45. The topological polar surface area (TPSA) is 26.0 Å². The maximum Gasteiger partial charge on any atom is 0.0455 e. The van der Waals surface area contributed by atoms with E-state index < -0.39 is 0 Å². The highest BCUT2D eigenvalue weighted by Gasteiger charge is 1.93. The van der Waals surface area contributed by atoms with Gasteiger partial charge in [-0.3, -0.25) is 0 Å². The molecule has 0 spiro atoms. The molecule has 1 heterocycles. The van der Waals surface area contributed by atoms with Crippen molar-refractivity contribution in [3.63, 3.8) is 0 Å².